The number of anilines is 2. The molecule has 2 aliphatic heterocycles. The van der Waals surface area contributed by atoms with Crippen molar-refractivity contribution in [3.05, 3.63) is 92.4 Å². The average Bonchev–Trinajstić information content (AvgIpc) is 3.53. The molecule has 3 heterocycles. The van der Waals surface area contributed by atoms with Gasteiger partial charge in [-0.1, -0.05) is 35.2 Å². The first-order chi connectivity index (χ1) is 22.0. The molecule has 4 aromatic rings. The van der Waals surface area contributed by atoms with E-state index in [0.717, 1.165) is 40.1 Å². The van der Waals surface area contributed by atoms with Crippen molar-refractivity contribution in [3.8, 4) is 17.2 Å². The van der Waals surface area contributed by atoms with E-state index in [-0.39, 0.29) is 22.1 Å². The van der Waals surface area contributed by atoms with Crippen molar-refractivity contribution in [3.63, 3.8) is 0 Å². The molecule has 0 aliphatic carbocycles. The molecule has 0 radical (unpaired) electrons. The van der Waals surface area contributed by atoms with Gasteiger partial charge < -0.3 is 24.5 Å². The van der Waals surface area contributed by atoms with Crippen LogP contribution in [0.5, 0.6) is 17.2 Å². The molecule has 6 rings (SSSR count). The van der Waals surface area contributed by atoms with Gasteiger partial charge in [0.25, 0.3) is 5.91 Å². The number of aromatic nitrogens is 1. The SMILES string of the molecule is COc1ccc(N2C(=O)[C@H]3[C@H](c4ccc(OCC(=O)Nc5cccc(C(F)(F)F)c5)c(OC)c4)c4sc(=O)[nH]c4S[C@H]3C2=O)cc1. The zero-order chi connectivity index (χ0) is 32.7. The molecule has 2 N–H and O–H groups in total. The van der Waals surface area contributed by atoms with Gasteiger partial charge in [0, 0.05) is 16.5 Å². The van der Waals surface area contributed by atoms with Gasteiger partial charge in [0.2, 0.25) is 11.8 Å². The minimum atomic E-state index is -4.56. The number of benzene rings is 3. The number of thiazole rings is 1. The number of imide groups is 1. The number of thioether (sulfide) groups is 1. The second-order valence-electron chi connectivity index (χ2n) is 10.3. The number of ether oxygens (including phenoxy) is 3. The number of carbonyl (C=O) groups is 3. The normalized spacial score (nSPS) is 19.0. The van der Waals surface area contributed by atoms with Gasteiger partial charge in [-0.05, 0) is 60.2 Å². The molecule has 0 bridgehead atoms. The number of amides is 3. The summed E-state index contributed by atoms with van der Waals surface area (Å²) in [5, 5.41) is 2.07. The minimum Gasteiger partial charge on any atom is -0.497 e. The van der Waals surface area contributed by atoms with Gasteiger partial charge in [-0.25, -0.2) is 4.90 Å². The fourth-order valence-electron chi connectivity index (χ4n) is 5.47. The van der Waals surface area contributed by atoms with Crippen molar-refractivity contribution in [2.24, 2.45) is 5.92 Å². The third kappa shape index (κ3) is 5.83. The van der Waals surface area contributed by atoms with Gasteiger partial charge in [0.15, 0.2) is 18.1 Å². The van der Waals surface area contributed by atoms with Crippen molar-refractivity contribution in [2.75, 3.05) is 31.0 Å². The lowest BCUT2D eigenvalue weighted by atomic mass is 9.83. The molecule has 1 saturated heterocycles. The van der Waals surface area contributed by atoms with Crippen LogP contribution in [-0.4, -0.2) is 48.8 Å². The lowest BCUT2D eigenvalue weighted by Gasteiger charge is -2.30. The van der Waals surface area contributed by atoms with Gasteiger partial charge in [0.05, 0.1) is 36.4 Å². The Kier molecular flexibility index (Phi) is 8.29. The van der Waals surface area contributed by atoms with Crippen molar-refractivity contribution in [1.29, 1.82) is 0 Å². The highest BCUT2D eigenvalue weighted by atomic mass is 32.2. The molecule has 3 amide bonds. The smallest absolute Gasteiger partial charge is 0.416 e. The summed E-state index contributed by atoms with van der Waals surface area (Å²) in [7, 11) is 2.89. The first kappa shape index (κ1) is 31.2. The number of alkyl halides is 3. The largest absolute Gasteiger partial charge is 0.497 e. The molecule has 0 saturated carbocycles. The van der Waals surface area contributed by atoms with E-state index in [1.807, 2.05) is 0 Å². The van der Waals surface area contributed by atoms with E-state index in [0.29, 0.717) is 26.9 Å². The Hall–Kier alpha value is -4.76. The van der Waals surface area contributed by atoms with E-state index in [9.17, 15) is 32.3 Å². The second kappa shape index (κ2) is 12.2. The summed E-state index contributed by atoms with van der Waals surface area (Å²) in [6.07, 6.45) is -4.56. The summed E-state index contributed by atoms with van der Waals surface area (Å²) in [6.45, 7) is -0.538. The molecule has 3 aromatic carbocycles. The van der Waals surface area contributed by atoms with Gasteiger partial charge in [-0.15, -0.1) is 0 Å². The van der Waals surface area contributed by atoms with Gasteiger partial charge >= 0.3 is 11.0 Å². The van der Waals surface area contributed by atoms with Crippen LogP contribution in [0.3, 0.4) is 0 Å². The number of H-pyrrole nitrogens is 1. The molecule has 3 atom stereocenters. The van der Waals surface area contributed by atoms with Crippen LogP contribution in [0, 0.1) is 5.92 Å². The predicted octanol–water partition coefficient (Wildman–Crippen LogP) is 5.29. The van der Waals surface area contributed by atoms with Gasteiger partial charge in [0.1, 0.15) is 11.0 Å². The lowest BCUT2D eigenvalue weighted by Crippen LogP contribution is -2.32. The number of nitrogens with zero attached hydrogens (tertiary/aromatic N) is 1. The average molecular weight is 672 g/mol. The Morgan fingerprint density at radius 1 is 0.957 bits per heavy atom. The third-order valence-electron chi connectivity index (χ3n) is 7.53. The van der Waals surface area contributed by atoms with Crippen LogP contribution in [-0.2, 0) is 20.6 Å². The fourth-order valence-corrected chi connectivity index (χ4v) is 7.99. The lowest BCUT2D eigenvalue weighted by molar-refractivity contribution is -0.137. The first-order valence-corrected chi connectivity index (χ1v) is 15.4. The standard InChI is InChI=1S/C31H24F3N3O7S2/c1-42-19-9-7-18(8-10-19)37-28(39)24-23(25-27(36-30(41)46-25)45-26(24)29(37)40)15-6-11-20(21(12-15)43-2)44-14-22(38)35-17-5-3-4-16(13-17)31(32,33)34/h3-13,23-24,26H,14H2,1-2H3,(H,35,38)(H,36,41)/t23-,24-,26+/m0/s1. The summed E-state index contributed by atoms with van der Waals surface area (Å²) in [4.78, 5) is 56.7. The van der Waals surface area contributed by atoms with Crippen molar-refractivity contribution < 1.29 is 41.8 Å². The Labute approximate surface area is 267 Å². The van der Waals surface area contributed by atoms with Crippen LogP contribution in [0.4, 0.5) is 24.5 Å². The van der Waals surface area contributed by atoms with E-state index in [1.165, 1.54) is 32.4 Å². The summed E-state index contributed by atoms with van der Waals surface area (Å²) in [6, 6.07) is 15.6. The Balaban J connectivity index is 1.26. The van der Waals surface area contributed by atoms with E-state index in [1.54, 1.807) is 36.4 Å². The molecule has 0 spiro atoms. The fraction of sp³-hybridized carbons (Fsp3) is 0.226. The number of aromatic amines is 1. The van der Waals surface area contributed by atoms with Crippen LogP contribution in [0.15, 0.2) is 76.6 Å². The monoisotopic (exact) mass is 671 g/mol. The third-order valence-corrected chi connectivity index (χ3v) is 9.93. The summed E-state index contributed by atoms with van der Waals surface area (Å²) >= 11 is 2.10. The highest BCUT2D eigenvalue weighted by Gasteiger charge is 2.56. The van der Waals surface area contributed by atoms with Crippen molar-refractivity contribution in [1.82, 2.24) is 4.98 Å². The topological polar surface area (TPSA) is 127 Å². The molecule has 15 heteroatoms. The number of fused-ring (bicyclic) bond motifs is 2. The van der Waals surface area contributed by atoms with Crippen LogP contribution < -0.4 is 29.3 Å². The van der Waals surface area contributed by atoms with Crippen LogP contribution in [0.1, 0.15) is 21.9 Å². The van der Waals surface area contributed by atoms with Crippen LogP contribution in [0.25, 0.3) is 0 Å². The second-order valence-corrected chi connectivity index (χ2v) is 12.5. The van der Waals surface area contributed by atoms with E-state index >= 15 is 0 Å². The maximum atomic E-state index is 13.9. The van der Waals surface area contributed by atoms with Crippen LogP contribution in [0.2, 0.25) is 0 Å². The van der Waals surface area contributed by atoms with E-state index in [2.05, 4.69) is 10.3 Å². The van der Waals surface area contributed by atoms with E-state index < -0.39 is 53.2 Å². The van der Waals surface area contributed by atoms with Crippen LogP contribution >= 0.6 is 23.1 Å². The number of halogens is 3. The Morgan fingerprint density at radius 2 is 1.72 bits per heavy atom. The van der Waals surface area contributed by atoms with Gasteiger partial charge in [-0.2, -0.15) is 13.2 Å². The zero-order valence-corrected chi connectivity index (χ0v) is 25.7. The number of nitrogens with one attached hydrogen (secondary N) is 2. The van der Waals surface area contributed by atoms with Crippen molar-refractivity contribution in [2.45, 2.75) is 22.4 Å². The molecule has 2 aliphatic rings. The molecule has 1 aromatic heterocycles. The summed E-state index contributed by atoms with van der Waals surface area (Å²) in [5.74, 6) is -2.13. The first-order valence-electron chi connectivity index (χ1n) is 13.7. The number of hydrogen-bond donors (Lipinski definition) is 2. The predicted molar refractivity (Wildman–Crippen MR) is 164 cm³/mol. The molecular formula is C31H24F3N3O7S2. The molecule has 46 heavy (non-hydrogen) atoms. The highest BCUT2D eigenvalue weighted by molar-refractivity contribution is 8.00. The number of rotatable bonds is 8. The summed E-state index contributed by atoms with van der Waals surface area (Å²) in [5.41, 5.74) is 0.0153. The molecule has 238 valence electrons. The van der Waals surface area contributed by atoms with E-state index in [4.69, 9.17) is 14.2 Å². The zero-order valence-electron chi connectivity index (χ0n) is 24.0. The highest BCUT2D eigenvalue weighted by Crippen LogP contribution is 2.54. The minimum absolute atomic E-state index is 0.0452. The Morgan fingerprint density at radius 3 is 2.41 bits per heavy atom. The maximum Gasteiger partial charge on any atom is 0.416 e. The number of carbonyl (C=O) groups excluding carboxylic acids is 3. The quantitative estimate of drug-likeness (QED) is 0.242. The number of methoxy groups -OCH3 is 2. The maximum absolute atomic E-state index is 13.9. The molecule has 10 nitrogen and oxygen atoms in total. The molecule has 1 fully saturated rings. The molecule has 0 unspecified atom stereocenters. The molecular weight excluding hydrogens is 647 g/mol. The number of hydrogen-bond acceptors (Lipinski definition) is 9. The summed E-state index contributed by atoms with van der Waals surface area (Å²) < 4.78 is 55.4. The van der Waals surface area contributed by atoms with Gasteiger partial charge in [-0.3, -0.25) is 19.2 Å². The van der Waals surface area contributed by atoms with Crippen molar-refractivity contribution >= 4 is 52.2 Å². The Bertz CT molecular complexity index is 1890.